The van der Waals surface area contributed by atoms with E-state index in [4.69, 9.17) is 0 Å². The lowest BCUT2D eigenvalue weighted by Gasteiger charge is -2.18. The van der Waals surface area contributed by atoms with Crippen molar-refractivity contribution in [2.24, 2.45) is 5.92 Å². The minimum Gasteiger partial charge on any atom is -0.315 e. The Bertz CT molecular complexity index is 387. The van der Waals surface area contributed by atoms with E-state index in [0.717, 1.165) is 32.7 Å². The van der Waals surface area contributed by atoms with Crippen molar-refractivity contribution >= 4 is 0 Å². The van der Waals surface area contributed by atoms with Crippen molar-refractivity contribution < 1.29 is 0 Å². The van der Waals surface area contributed by atoms with Gasteiger partial charge >= 0.3 is 0 Å². The number of pyridine rings is 1. The molecule has 0 amide bonds. The second kappa shape index (κ2) is 8.06. The first-order valence-corrected chi connectivity index (χ1v) is 6.64. The molecule has 0 unspecified atom stereocenters. The number of rotatable bonds is 8. The summed E-state index contributed by atoms with van der Waals surface area (Å²) in [5.41, 5.74) is 0.0730. The maximum atomic E-state index is 11.5. The lowest BCUT2D eigenvalue weighted by molar-refractivity contribution is 0.313. The number of aromatic nitrogens is 1. The molecule has 0 spiro atoms. The molecular weight excluding hydrogens is 226 g/mol. The smallest absolute Gasteiger partial charge is 0.250 e. The van der Waals surface area contributed by atoms with Crippen LogP contribution in [-0.4, -0.2) is 42.7 Å². The zero-order chi connectivity index (χ0) is 13.4. The summed E-state index contributed by atoms with van der Waals surface area (Å²) in [4.78, 5) is 13.7. The molecule has 1 aromatic heterocycles. The molecule has 0 bridgehead atoms. The van der Waals surface area contributed by atoms with Crippen molar-refractivity contribution in [1.82, 2.24) is 14.8 Å². The Balaban J connectivity index is 2.19. The van der Waals surface area contributed by atoms with Crippen molar-refractivity contribution in [3.05, 3.63) is 34.7 Å². The van der Waals surface area contributed by atoms with Gasteiger partial charge in [-0.25, -0.2) is 0 Å². The van der Waals surface area contributed by atoms with Crippen LogP contribution in [0.25, 0.3) is 0 Å². The Morgan fingerprint density at radius 2 is 2.11 bits per heavy atom. The highest BCUT2D eigenvalue weighted by Crippen LogP contribution is 1.88. The summed E-state index contributed by atoms with van der Waals surface area (Å²) in [6.45, 7) is 9.13. The third-order valence-corrected chi connectivity index (χ3v) is 2.84. The van der Waals surface area contributed by atoms with E-state index in [-0.39, 0.29) is 5.56 Å². The van der Waals surface area contributed by atoms with Gasteiger partial charge in [0.25, 0.3) is 5.56 Å². The molecule has 0 aromatic carbocycles. The number of nitrogens with zero attached hydrogens (tertiary/aromatic N) is 2. The van der Waals surface area contributed by atoms with E-state index in [9.17, 15) is 4.79 Å². The second-order valence-electron chi connectivity index (χ2n) is 5.13. The van der Waals surface area contributed by atoms with Gasteiger partial charge in [0.05, 0.1) is 0 Å². The van der Waals surface area contributed by atoms with Gasteiger partial charge < -0.3 is 14.8 Å². The summed E-state index contributed by atoms with van der Waals surface area (Å²) in [5.74, 6) is 0.693. The highest BCUT2D eigenvalue weighted by molar-refractivity contribution is 4.93. The quantitative estimate of drug-likeness (QED) is 0.701. The van der Waals surface area contributed by atoms with Crippen LogP contribution in [0.3, 0.4) is 0 Å². The average molecular weight is 251 g/mol. The molecule has 1 heterocycles. The van der Waals surface area contributed by atoms with Crippen molar-refractivity contribution in [2.75, 3.05) is 33.2 Å². The molecule has 1 aromatic rings. The van der Waals surface area contributed by atoms with Crippen LogP contribution in [0.5, 0.6) is 0 Å². The fraction of sp³-hybridized carbons (Fsp3) is 0.643. The second-order valence-corrected chi connectivity index (χ2v) is 5.13. The van der Waals surface area contributed by atoms with E-state index in [1.165, 1.54) is 0 Å². The molecule has 1 N–H and O–H groups in total. The van der Waals surface area contributed by atoms with Gasteiger partial charge in [-0.2, -0.15) is 0 Å². The van der Waals surface area contributed by atoms with Crippen LogP contribution in [0, 0.1) is 5.92 Å². The van der Waals surface area contributed by atoms with Crippen LogP contribution in [0.1, 0.15) is 13.8 Å². The van der Waals surface area contributed by atoms with Crippen molar-refractivity contribution in [1.29, 1.82) is 0 Å². The Morgan fingerprint density at radius 1 is 1.33 bits per heavy atom. The predicted octanol–water partition coefficient (Wildman–Crippen LogP) is 1.03. The van der Waals surface area contributed by atoms with Gasteiger partial charge in [-0.3, -0.25) is 4.79 Å². The molecule has 0 atom stereocenters. The van der Waals surface area contributed by atoms with Gasteiger partial charge in [0, 0.05) is 38.4 Å². The molecule has 4 heteroatoms. The third kappa shape index (κ3) is 5.98. The number of nitrogens with one attached hydrogen (secondary N) is 1. The molecule has 0 aliphatic carbocycles. The summed E-state index contributed by atoms with van der Waals surface area (Å²) >= 11 is 0. The van der Waals surface area contributed by atoms with Crippen LogP contribution in [0.15, 0.2) is 29.2 Å². The van der Waals surface area contributed by atoms with E-state index in [0.29, 0.717) is 5.92 Å². The fourth-order valence-corrected chi connectivity index (χ4v) is 1.70. The van der Waals surface area contributed by atoms with Crippen LogP contribution < -0.4 is 10.9 Å². The first-order chi connectivity index (χ1) is 8.59. The Hall–Kier alpha value is -1.13. The molecule has 4 nitrogen and oxygen atoms in total. The molecule has 0 saturated carbocycles. The van der Waals surface area contributed by atoms with Crippen molar-refractivity contribution in [3.8, 4) is 0 Å². The van der Waals surface area contributed by atoms with Crippen LogP contribution in [0.2, 0.25) is 0 Å². The topological polar surface area (TPSA) is 37.3 Å². The SMILES string of the molecule is CC(C)CNCCN(C)CCn1ccccc1=O. The highest BCUT2D eigenvalue weighted by atomic mass is 16.1. The Morgan fingerprint density at radius 3 is 2.78 bits per heavy atom. The van der Waals surface area contributed by atoms with E-state index < -0.39 is 0 Å². The highest BCUT2D eigenvalue weighted by Gasteiger charge is 2.00. The monoisotopic (exact) mass is 251 g/mol. The molecule has 18 heavy (non-hydrogen) atoms. The van der Waals surface area contributed by atoms with Crippen molar-refractivity contribution in [3.63, 3.8) is 0 Å². The summed E-state index contributed by atoms with van der Waals surface area (Å²) in [6, 6.07) is 5.27. The average Bonchev–Trinajstić information content (AvgIpc) is 2.33. The van der Waals surface area contributed by atoms with Crippen LogP contribution in [0.4, 0.5) is 0 Å². The van der Waals surface area contributed by atoms with E-state index in [1.54, 1.807) is 16.7 Å². The summed E-state index contributed by atoms with van der Waals surface area (Å²) in [6.07, 6.45) is 1.84. The minimum atomic E-state index is 0.0730. The normalized spacial score (nSPS) is 11.4. The van der Waals surface area contributed by atoms with E-state index in [1.807, 2.05) is 12.3 Å². The van der Waals surface area contributed by atoms with E-state index >= 15 is 0 Å². The first kappa shape index (κ1) is 14.9. The lowest BCUT2D eigenvalue weighted by Crippen LogP contribution is -2.34. The Labute approximate surface area is 110 Å². The van der Waals surface area contributed by atoms with Gasteiger partial charge in [0.2, 0.25) is 0 Å². The van der Waals surface area contributed by atoms with Crippen molar-refractivity contribution in [2.45, 2.75) is 20.4 Å². The van der Waals surface area contributed by atoms with Gasteiger partial charge in [-0.05, 0) is 25.6 Å². The Kier molecular flexibility index (Phi) is 6.68. The zero-order valence-corrected chi connectivity index (χ0v) is 11.7. The predicted molar refractivity (Wildman–Crippen MR) is 75.9 cm³/mol. The molecular formula is C14H25N3O. The lowest BCUT2D eigenvalue weighted by atomic mass is 10.2. The fourth-order valence-electron chi connectivity index (χ4n) is 1.70. The molecule has 0 aliphatic heterocycles. The number of hydrogen-bond donors (Lipinski definition) is 1. The molecule has 0 aliphatic rings. The zero-order valence-electron chi connectivity index (χ0n) is 11.7. The van der Waals surface area contributed by atoms with Crippen LogP contribution in [-0.2, 0) is 6.54 Å². The van der Waals surface area contributed by atoms with E-state index in [2.05, 4.69) is 31.1 Å². The maximum absolute atomic E-state index is 11.5. The molecule has 1 rings (SSSR count). The maximum Gasteiger partial charge on any atom is 0.250 e. The van der Waals surface area contributed by atoms with Crippen LogP contribution >= 0.6 is 0 Å². The van der Waals surface area contributed by atoms with Gasteiger partial charge in [0.15, 0.2) is 0 Å². The standard InChI is InChI=1S/C14H25N3O/c1-13(2)12-15-7-9-16(3)10-11-17-8-5-4-6-14(17)18/h4-6,8,13,15H,7,9-12H2,1-3H3. The number of likely N-dealkylation sites (N-methyl/N-ethyl adjacent to an activating group) is 1. The van der Waals surface area contributed by atoms with Gasteiger partial charge in [-0.1, -0.05) is 19.9 Å². The number of hydrogen-bond acceptors (Lipinski definition) is 3. The van der Waals surface area contributed by atoms with Gasteiger partial charge in [0.1, 0.15) is 0 Å². The van der Waals surface area contributed by atoms with Gasteiger partial charge in [-0.15, -0.1) is 0 Å². The first-order valence-electron chi connectivity index (χ1n) is 6.64. The molecule has 0 saturated heterocycles. The largest absolute Gasteiger partial charge is 0.315 e. The summed E-state index contributed by atoms with van der Waals surface area (Å²) < 4.78 is 1.75. The molecule has 0 radical (unpaired) electrons. The summed E-state index contributed by atoms with van der Waals surface area (Å²) in [5, 5.41) is 3.42. The molecule has 102 valence electrons. The summed E-state index contributed by atoms with van der Waals surface area (Å²) in [7, 11) is 2.09. The third-order valence-electron chi connectivity index (χ3n) is 2.84. The molecule has 0 fully saturated rings. The minimum absolute atomic E-state index is 0.0730.